The molecule has 2 aromatic rings. The Balaban J connectivity index is 1.45. The minimum atomic E-state index is -0.222. The van der Waals surface area contributed by atoms with Crippen LogP contribution in [-0.2, 0) is 4.79 Å². The van der Waals surface area contributed by atoms with E-state index in [1.54, 1.807) is 10.9 Å². The van der Waals surface area contributed by atoms with E-state index in [0.29, 0.717) is 18.3 Å². The number of carbonyl (C=O) groups is 1. The molecular formula is C19H26N6O. The SMILES string of the molecule is Cc1cc(-n2cccn2)nc(N2CCC(C)(NC(=O)CC3CCC3)C2)n1. The molecule has 1 aliphatic heterocycles. The van der Waals surface area contributed by atoms with Crippen molar-refractivity contribution in [2.45, 2.75) is 51.5 Å². The summed E-state index contributed by atoms with van der Waals surface area (Å²) in [5.41, 5.74) is 0.683. The molecule has 0 aromatic carbocycles. The van der Waals surface area contributed by atoms with E-state index in [1.807, 2.05) is 25.3 Å². The minimum Gasteiger partial charge on any atom is -0.349 e. The molecule has 1 amide bonds. The molecule has 1 saturated carbocycles. The normalized spacial score (nSPS) is 23.1. The van der Waals surface area contributed by atoms with Crippen molar-refractivity contribution in [1.29, 1.82) is 0 Å². The topological polar surface area (TPSA) is 75.9 Å². The highest BCUT2D eigenvalue weighted by atomic mass is 16.1. The predicted molar refractivity (Wildman–Crippen MR) is 99.2 cm³/mol. The van der Waals surface area contributed by atoms with Crippen LogP contribution >= 0.6 is 0 Å². The summed E-state index contributed by atoms with van der Waals surface area (Å²) in [5.74, 6) is 2.24. The highest BCUT2D eigenvalue weighted by Gasteiger charge is 2.37. The fourth-order valence-corrected chi connectivity index (χ4v) is 3.78. The summed E-state index contributed by atoms with van der Waals surface area (Å²) >= 11 is 0. The van der Waals surface area contributed by atoms with Gasteiger partial charge in [0.1, 0.15) is 0 Å². The zero-order chi connectivity index (χ0) is 18.1. The van der Waals surface area contributed by atoms with Crippen molar-refractivity contribution in [2.75, 3.05) is 18.0 Å². The Bertz CT molecular complexity index is 785. The Morgan fingerprint density at radius 1 is 1.38 bits per heavy atom. The third-order valence-corrected chi connectivity index (χ3v) is 5.46. The van der Waals surface area contributed by atoms with Crippen LogP contribution in [0.4, 0.5) is 5.95 Å². The van der Waals surface area contributed by atoms with Crippen LogP contribution in [0.1, 0.15) is 44.7 Å². The first-order valence-corrected chi connectivity index (χ1v) is 9.42. The lowest BCUT2D eigenvalue weighted by molar-refractivity contribution is -0.124. The van der Waals surface area contributed by atoms with E-state index in [-0.39, 0.29) is 11.4 Å². The van der Waals surface area contributed by atoms with Crippen molar-refractivity contribution in [3.8, 4) is 5.82 Å². The summed E-state index contributed by atoms with van der Waals surface area (Å²) in [6, 6.07) is 3.80. The monoisotopic (exact) mass is 354 g/mol. The van der Waals surface area contributed by atoms with E-state index >= 15 is 0 Å². The highest BCUT2D eigenvalue weighted by molar-refractivity contribution is 5.77. The van der Waals surface area contributed by atoms with Crippen LogP contribution in [0.2, 0.25) is 0 Å². The molecule has 0 radical (unpaired) electrons. The second kappa shape index (κ2) is 6.70. The quantitative estimate of drug-likeness (QED) is 0.891. The van der Waals surface area contributed by atoms with Gasteiger partial charge in [0, 0.05) is 43.7 Å². The van der Waals surface area contributed by atoms with Crippen LogP contribution in [0.25, 0.3) is 5.82 Å². The summed E-state index contributed by atoms with van der Waals surface area (Å²) < 4.78 is 1.74. The lowest BCUT2D eigenvalue weighted by Gasteiger charge is -2.29. The van der Waals surface area contributed by atoms with Crippen LogP contribution in [0, 0.1) is 12.8 Å². The first-order valence-electron chi connectivity index (χ1n) is 9.42. The standard InChI is InChI=1S/C19H26N6O/c1-14-11-16(25-9-4-8-20-25)22-18(21-14)24-10-7-19(2,13-24)23-17(26)12-15-5-3-6-15/h4,8-9,11,15H,3,5-7,10,12-13H2,1-2H3,(H,23,26). The highest BCUT2D eigenvalue weighted by Crippen LogP contribution is 2.30. The van der Waals surface area contributed by atoms with E-state index in [9.17, 15) is 4.79 Å². The summed E-state index contributed by atoms with van der Waals surface area (Å²) in [4.78, 5) is 23.8. The summed E-state index contributed by atoms with van der Waals surface area (Å²) in [7, 11) is 0. The second-order valence-corrected chi connectivity index (χ2v) is 7.90. The number of aromatic nitrogens is 4. The molecule has 4 rings (SSSR count). The Labute approximate surface area is 153 Å². The number of amides is 1. The van der Waals surface area contributed by atoms with E-state index < -0.39 is 0 Å². The number of hydrogen-bond donors (Lipinski definition) is 1. The smallest absolute Gasteiger partial charge is 0.227 e. The van der Waals surface area contributed by atoms with Crippen LogP contribution < -0.4 is 10.2 Å². The summed E-state index contributed by atoms with van der Waals surface area (Å²) in [6.45, 7) is 5.65. The molecule has 26 heavy (non-hydrogen) atoms. The number of anilines is 1. The van der Waals surface area contributed by atoms with Gasteiger partial charge in [-0.05, 0) is 45.1 Å². The fraction of sp³-hybridized carbons (Fsp3) is 0.579. The molecule has 2 fully saturated rings. The van der Waals surface area contributed by atoms with Gasteiger partial charge in [-0.2, -0.15) is 10.1 Å². The molecule has 1 N–H and O–H groups in total. The first-order chi connectivity index (χ1) is 12.5. The molecule has 1 saturated heterocycles. The minimum absolute atomic E-state index is 0.182. The lowest BCUT2D eigenvalue weighted by atomic mass is 9.82. The van der Waals surface area contributed by atoms with Crippen LogP contribution in [0.15, 0.2) is 24.5 Å². The van der Waals surface area contributed by atoms with E-state index in [4.69, 9.17) is 0 Å². The number of nitrogens with zero attached hydrogens (tertiary/aromatic N) is 5. The zero-order valence-corrected chi connectivity index (χ0v) is 15.5. The molecular weight excluding hydrogens is 328 g/mol. The van der Waals surface area contributed by atoms with Crippen molar-refractivity contribution < 1.29 is 4.79 Å². The van der Waals surface area contributed by atoms with E-state index in [1.165, 1.54) is 19.3 Å². The molecule has 2 aliphatic rings. The maximum atomic E-state index is 12.3. The second-order valence-electron chi connectivity index (χ2n) is 7.90. The van der Waals surface area contributed by atoms with Gasteiger partial charge in [0.05, 0.1) is 5.54 Å². The summed E-state index contributed by atoms with van der Waals surface area (Å²) in [5, 5.41) is 7.51. The maximum Gasteiger partial charge on any atom is 0.227 e. The van der Waals surface area contributed by atoms with Gasteiger partial charge in [-0.1, -0.05) is 6.42 Å². The third-order valence-electron chi connectivity index (χ3n) is 5.46. The van der Waals surface area contributed by atoms with Crippen LogP contribution in [0.3, 0.4) is 0 Å². The molecule has 138 valence electrons. The van der Waals surface area contributed by atoms with Gasteiger partial charge < -0.3 is 10.2 Å². The maximum absolute atomic E-state index is 12.3. The largest absolute Gasteiger partial charge is 0.349 e. The van der Waals surface area contributed by atoms with Gasteiger partial charge >= 0.3 is 0 Å². The Morgan fingerprint density at radius 3 is 2.92 bits per heavy atom. The number of rotatable bonds is 5. The Morgan fingerprint density at radius 2 is 2.23 bits per heavy atom. The molecule has 0 bridgehead atoms. The third kappa shape index (κ3) is 3.57. The first kappa shape index (κ1) is 17.0. The number of aryl methyl sites for hydroxylation is 1. The molecule has 3 heterocycles. The van der Waals surface area contributed by atoms with Gasteiger partial charge in [0.15, 0.2) is 5.82 Å². The molecule has 7 nitrogen and oxygen atoms in total. The number of nitrogens with one attached hydrogen (secondary N) is 1. The number of hydrogen-bond acceptors (Lipinski definition) is 5. The average Bonchev–Trinajstić information content (AvgIpc) is 3.20. The van der Waals surface area contributed by atoms with Crippen molar-refractivity contribution in [2.24, 2.45) is 5.92 Å². The van der Waals surface area contributed by atoms with Crippen molar-refractivity contribution in [3.05, 3.63) is 30.2 Å². The molecule has 7 heteroatoms. The molecule has 0 spiro atoms. The van der Waals surface area contributed by atoms with E-state index in [2.05, 4.69) is 32.2 Å². The van der Waals surface area contributed by atoms with Gasteiger partial charge in [-0.25, -0.2) is 9.67 Å². The molecule has 1 aliphatic carbocycles. The van der Waals surface area contributed by atoms with Gasteiger partial charge in [-0.15, -0.1) is 0 Å². The van der Waals surface area contributed by atoms with Crippen molar-refractivity contribution >= 4 is 11.9 Å². The molecule has 1 atom stereocenters. The molecule has 1 unspecified atom stereocenters. The van der Waals surface area contributed by atoms with Gasteiger partial charge in [0.2, 0.25) is 11.9 Å². The summed E-state index contributed by atoms with van der Waals surface area (Å²) in [6.07, 6.45) is 8.85. The lowest BCUT2D eigenvalue weighted by Crippen LogP contribution is -2.48. The molecule has 2 aromatic heterocycles. The van der Waals surface area contributed by atoms with Gasteiger partial charge in [-0.3, -0.25) is 4.79 Å². The van der Waals surface area contributed by atoms with Crippen molar-refractivity contribution in [3.63, 3.8) is 0 Å². The average molecular weight is 354 g/mol. The van der Waals surface area contributed by atoms with Crippen molar-refractivity contribution in [1.82, 2.24) is 25.1 Å². The van der Waals surface area contributed by atoms with Crippen LogP contribution in [0.5, 0.6) is 0 Å². The Kier molecular flexibility index (Phi) is 4.38. The zero-order valence-electron chi connectivity index (χ0n) is 15.5. The van der Waals surface area contributed by atoms with Gasteiger partial charge in [0.25, 0.3) is 0 Å². The predicted octanol–water partition coefficient (Wildman–Crippen LogP) is 2.25. The Hall–Kier alpha value is -2.44. The fourth-order valence-electron chi connectivity index (χ4n) is 3.78. The van der Waals surface area contributed by atoms with Crippen LogP contribution in [-0.4, -0.2) is 44.3 Å². The van der Waals surface area contributed by atoms with E-state index in [0.717, 1.165) is 31.0 Å². The number of carbonyl (C=O) groups excluding carboxylic acids is 1.